The Hall–Kier alpha value is -0.960. The highest BCUT2D eigenvalue weighted by molar-refractivity contribution is 7.99. The van der Waals surface area contributed by atoms with Crippen molar-refractivity contribution in [3.8, 4) is 0 Å². The van der Waals surface area contributed by atoms with Crippen LogP contribution in [0, 0.1) is 0 Å². The highest BCUT2D eigenvalue weighted by Gasteiger charge is 2.00. The van der Waals surface area contributed by atoms with E-state index in [4.69, 9.17) is 23.2 Å². The first-order valence-electron chi connectivity index (χ1n) is 5.84. The Balaban J connectivity index is 1.98. The summed E-state index contributed by atoms with van der Waals surface area (Å²) in [6.45, 7) is 0. The molecule has 19 heavy (non-hydrogen) atoms. The molecule has 0 saturated carbocycles. The summed E-state index contributed by atoms with van der Waals surface area (Å²) in [5.41, 5.74) is 1.12. The first kappa shape index (κ1) is 14.4. The molecule has 0 atom stereocenters. The van der Waals surface area contributed by atoms with Gasteiger partial charge in [-0.15, -0.1) is 0 Å². The summed E-state index contributed by atoms with van der Waals surface area (Å²) in [6, 6.07) is 15.9. The maximum Gasteiger partial charge on any atom is 0.221 e. The van der Waals surface area contributed by atoms with Gasteiger partial charge in [0.1, 0.15) is 0 Å². The van der Waals surface area contributed by atoms with Crippen LogP contribution in [-0.4, -0.2) is 5.24 Å². The summed E-state index contributed by atoms with van der Waals surface area (Å²) in [7, 11) is 0. The molecule has 0 aliphatic rings. The lowest BCUT2D eigenvalue weighted by Crippen LogP contribution is -1.91. The van der Waals surface area contributed by atoms with Crippen LogP contribution in [0.25, 0.3) is 0 Å². The summed E-state index contributed by atoms with van der Waals surface area (Å²) in [5, 5.41) is 0.449. The van der Waals surface area contributed by atoms with Gasteiger partial charge in [0.15, 0.2) is 0 Å². The van der Waals surface area contributed by atoms with Crippen molar-refractivity contribution in [1.29, 1.82) is 0 Å². The summed E-state index contributed by atoms with van der Waals surface area (Å²) >= 11 is 12.9. The van der Waals surface area contributed by atoms with Crippen molar-refractivity contribution >= 4 is 40.2 Å². The molecule has 0 bridgehead atoms. The molecule has 0 unspecified atom stereocenters. The van der Waals surface area contributed by atoms with Crippen LogP contribution < -0.4 is 0 Å². The Labute approximate surface area is 126 Å². The van der Waals surface area contributed by atoms with Gasteiger partial charge >= 0.3 is 0 Å². The van der Waals surface area contributed by atoms with E-state index in [1.165, 1.54) is 0 Å². The molecule has 0 aliphatic heterocycles. The molecule has 98 valence electrons. The fourth-order valence-corrected chi connectivity index (χ4v) is 2.64. The number of carbonyl (C=O) groups is 1. The Kier molecular flexibility index (Phi) is 5.32. The molecule has 1 nitrogen and oxygen atoms in total. The summed E-state index contributed by atoms with van der Waals surface area (Å²) in [6.07, 6.45) is 1.07. The van der Waals surface area contributed by atoms with Crippen LogP contribution >= 0.6 is 35.0 Å². The minimum absolute atomic E-state index is 0.292. The van der Waals surface area contributed by atoms with E-state index in [2.05, 4.69) is 0 Å². The molecule has 0 saturated heterocycles. The molecule has 0 N–H and O–H groups in total. The monoisotopic (exact) mass is 310 g/mol. The third-order valence-electron chi connectivity index (χ3n) is 2.58. The third kappa shape index (κ3) is 4.90. The van der Waals surface area contributed by atoms with E-state index in [-0.39, 0.29) is 5.24 Å². The zero-order chi connectivity index (χ0) is 13.7. The number of benzene rings is 2. The number of halogens is 2. The maximum absolute atomic E-state index is 10.7. The molecule has 0 aliphatic carbocycles. The quantitative estimate of drug-likeness (QED) is 0.707. The zero-order valence-corrected chi connectivity index (χ0v) is 12.4. The highest BCUT2D eigenvalue weighted by atomic mass is 35.5. The van der Waals surface area contributed by atoms with Crippen molar-refractivity contribution in [1.82, 2.24) is 0 Å². The van der Waals surface area contributed by atoms with Gasteiger partial charge in [-0.3, -0.25) is 4.79 Å². The SMILES string of the molecule is O=C(Cl)CCc1ccc(Sc2ccc(Cl)cc2)cc1. The predicted octanol–water partition coefficient (Wildman–Crippen LogP) is 5.19. The minimum atomic E-state index is -0.292. The van der Waals surface area contributed by atoms with Crippen LogP contribution in [0.2, 0.25) is 5.02 Å². The molecule has 0 spiro atoms. The fourth-order valence-electron chi connectivity index (χ4n) is 1.61. The van der Waals surface area contributed by atoms with Crippen molar-refractivity contribution in [3.63, 3.8) is 0 Å². The van der Waals surface area contributed by atoms with E-state index < -0.39 is 0 Å². The van der Waals surface area contributed by atoms with E-state index in [1.807, 2.05) is 48.5 Å². The van der Waals surface area contributed by atoms with Gasteiger partial charge < -0.3 is 0 Å². The van der Waals surface area contributed by atoms with Gasteiger partial charge in [0.25, 0.3) is 0 Å². The standard InChI is InChI=1S/C15H12Cl2OS/c16-12-4-8-14(9-5-12)19-13-6-1-11(2-7-13)3-10-15(17)18/h1-2,4-9H,3,10H2. The predicted molar refractivity (Wildman–Crippen MR) is 81.2 cm³/mol. The van der Waals surface area contributed by atoms with E-state index in [0.29, 0.717) is 12.8 Å². The topological polar surface area (TPSA) is 17.1 Å². The van der Waals surface area contributed by atoms with Crippen LogP contribution in [0.3, 0.4) is 0 Å². The smallest absolute Gasteiger partial charge is 0.221 e. The first-order chi connectivity index (χ1) is 9.13. The van der Waals surface area contributed by atoms with Crippen molar-refractivity contribution in [2.75, 3.05) is 0 Å². The van der Waals surface area contributed by atoms with Crippen molar-refractivity contribution in [2.45, 2.75) is 22.6 Å². The van der Waals surface area contributed by atoms with Gasteiger partial charge in [-0.25, -0.2) is 0 Å². The van der Waals surface area contributed by atoms with E-state index in [9.17, 15) is 4.79 Å². The molecule has 0 aromatic heterocycles. The van der Waals surface area contributed by atoms with Gasteiger partial charge in [-0.2, -0.15) is 0 Å². The Bertz CT molecular complexity index is 549. The summed E-state index contributed by atoms with van der Waals surface area (Å²) in [4.78, 5) is 13.0. The average Bonchev–Trinajstić information content (AvgIpc) is 2.40. The maximum atomic E-state index is 10.7. The lowest BCUT2D eigenvalue weighted by Gasteiger charge is -2.03. The normalized spacial score (nSPS) is 10.4. The number of carbonyl (C=O) groups excluding carboxylic acids is 1. The largest absolute Gasteiger partial charge is 0.281 e. The van der Waals surface area contributed by atoms with Gasteiger partial charge in [-0.05, 0) is 60.0 Å². The van der Waals surface area contributed by atoms with Crippen molar-refractivity contribution in [2.24, 2.45) is 0 Å². The molecule has 2 aromatic carbocycles. The second-order valence-electron chi connectivity index (χ2n) is 4.06. The first-order valence-corrected chi connectivity index (χ1v) is 7.41. The third-order valence-corrected chi connectivity index (χ3v) is 4.04. The van der Waals surface area contributed by atoms with Gasteiger partial charge in [0.05, 0.1) is 0 Å². The molecule has 0 fully saturated rings. The van der Waals surface area contributed by atoms with Gasteiger partial charge in [0.2, 0.25) is 5.24 Å². The molecule has 2 rings (SSSR count). The second-order valence-corrected chi connectivity index (χ2v) is 6.06. The number of hydrogen-bond donors (Lipinski definition) is 0. The number of rotatable bonds is 5. The lowest BCUT2D eigenvalue weighted by atomic mass is 10.1. The number of aryl methyl sites for hydroxylation is 1. The van der Waals surface area contributed by atoms with E-state index in [0.717, 1.165) is 20.4 Å². The highest BCUT2D eigenvalue weighted by Crippen LogP contribution is 2.28. The second kappa shape index (κ2) is 6.99. The number of hydrogen-bond acceptors (Lipinski definition) is 2. The molecule has 2 aromatic rings. The fraction of sp³-hybridized carbons (Fsp3) is 0.133. The van der Waals surface area contributed by atoms with Crippen LogP contribution in [0.1, 0.15) is 12.0 Å². The molecular formula is C15H12Cl2OS. The molecule has 0 radical (unpaired) electrons. The van der Waals surface area contributed by atoms with Crippen molar-refractivity contribution < 1.29 is 4.79 Å². The van der Waals surface area contributed by atoms with Crippen LogP contribution in [0.15, 0.2) is 58.3 Å². The Morgan fingerprint density at radius 1 is 0.947 bits per heavy atom. The summed E-state index contributed by atoms with van der Waals surface area (Å²) in [5.74, 6) is 0. The van der Waals surface area contributed by atoms with Gasteiger partial charge in [0, 0.05) is 21.2 Å². The van der Waals surface area contributed by atoms with Crippen molar-refractivity contribution in [3.05, 3.63) is 59.1 Å². The Morgan fingerprint density at radius 3 is 2.00 bits per heavy atom. The molecule has 4 heteroatoms. The van der Waals surface area contributed by atoms with E-state index >= 15 is 0 Å². The van der Waals surface area contributed by atoms with Crippen LogP contribution in [-0.2, 0) is 11.2 Å². The molecule has 0 amide bonds. The molecule has 0 heterocycles. The van der Waals surface area contributed by atoms with E-state index in [1.54, 1.807) is 11.8 Å². The average molecular weight is 311 g/mol. The van der Waals surface area contributed by atoms with Gasteiger partial charge in [-0.1, -0.05) is 35.5 Å². The van der Waals surface area contributed by atoms with Crippen LogP contribution in [0.4, 0.5) is 0 Å². The molecular weight excluding hydrogens is 299 g/mol. The zero-order valence-electron chi connectivity index (χ0n) is 10.1. The minimum Gasteiger partial charge on any atom is -0.281 e. The van der Waals surface area contributed by atoms with Crippen LogP contribution in [0.5, 0.6) is 0 Å². The summed E-state index contributed by atoms with van der Waals surface area (Å²) < 4.78 is 0. The Morgan fingerprint density at radius 2 is 1.47 bits per heavy atom. The lowest BCUT2D eigenvalue weighted by molar-refractivity contribution is -0.111.